The molecule has 0 radical (unpaired) electrons. The lowest BCUT2D eigenvalue weighted by molar-refractivity contribution is 0.282. The molecular formula is C11H25NO. The van der Waals surface area contributed by atoms with E-state index in [1.54, 1.807) is 0 Å². The first-order valence-corrected chi connectivity index (χ1v) is 5.73. The molecule has 0 amide bonds. The topological polar surface area (TPSA) is 32.3 Å². The summed E-state index contributed by atoms with van der Waals surface area (Å²) in [6, 6.07) is 0. The second kappa shape index (κ2) is 11.9. The van der Waals surface area contributed by atoms with Gasteiger partial charge in [-0.1, -0.05) is 32.6 Å². The summed E-state index contributed by atoms with van der Waals surface area (Å²) in [5, 5.41) is 12.0. The second-order valence-electron chi connectivity index (χ2n) is 3.59. The molecule has 0 fully saturated rings. The summed E-state index contributed by atoms with van der Waals surface area (Å²) in [5.74, 6) is 0. The van der Waals surface area contributed by atoms with Crippen LogP contribution in [-0.4, -0.2) is 24.8 Å². The SMILES string of the molecule is CCCNCCCCCCCCO. The monoisotopic (exact) mass is 187 g/mol. The molecule has 0 aromatic rings. The molecule has 0 spiro atoms. The molecule has 0 heterocycles. The van der Waals surface area contributed by atoms with Crippen molar-refractivity contribution >= 4 is 0 Å². The molecule has 0 aromatic heterocycles. The van der Waals surface area contributed by atoms with Crippen molar-refractivity contribution in [3.05, 3.63) is 0 Å². The molecule has 0 aromatic carbocycles. The third-order valence-corrected chi connectivity index (χ3v) is 2.19. The summed E-state index contributed by atoms with van der Waals surface area (Å²) < 4.78 is 0. The van der Waals surface area contributed by atoms with E-state index >= 15 is 0 Å². The number of hydrogen-bond donors (Lipinski definition) is 2. The van der Waals surface area contributed by atoms with Crippen LogP contribution in [0.2, 0.25) is 0 Å². The standard InChI is InChI=1S/C11H25NO/c1-2-9-12-10-7-5-3-4-6-8-11-13/h12-13H,2-11H2,1H3. The molecule has 80 valence electrons. The van der Waals surface area contributed by atoms with Gasteiger partial charge in [-0.3, -0.25) is 0 Å². The van der Waals surface area contributed by atoms with Crippen LogP contribution >= 0.6 is 0 Å². The highest BCUT2D eigenvalue weighted by atomic mass is 16.2. The maximum Gasteiger partial charge on any atom is 0.0431 e. The highest BCUT2D eigenvalue weighted by Crippen LogP contribution is 2.04. The van der Waals surface area contributed by atoms with Gasteiger partial charge in [0.2, 0.25) is 0 Å². The van der Waals surface area contributed by atoms with E-state index in [-0.39, 0.29) is 0 Å². The van der Waals surface area contributed by atoms with Crippen LogP contribution in [-0.2, 0) is 0 Å². The first-order valence-electron chi connectivity index (χ1n) is 5.73. The van der Waals surface area contributed by atoms with Gasteiger partial charge in [0.15, 0.2) is 0 Å². The van der Waals surface area contributed by atoms with Gasteiger partial charge in [-0.05, 0) is 32.4 Å². The summed E-state index contributed by atoms with van der Waals surface area (Å²) in [5.41, 5.74) is 0. The van der Waals surface area contributed by atoms with E-state index in [1.165, 1.54) is 45.1 Å². The van der Waals surface area contributed by atoms with Crippen molar-refractivity contribution in [3.63, 3.8) is 0 Å². The van der Waals surface area contributed by atoms with E-state index in [4.69, 9.17) is 5.11 Å². The quantitative estimate of drug-likeness (QED) is 0.514. The van der Waals surface area contributed by atoms with Gasteiger partial charge < -0.3 is 10.4 Å². The Kier molecular flexibility index (Phi) is 11.8. The first kappa shape index (κ1) is 12.9. The van der Waals surface area contributed by atoms with E-state index in [9.17, 15) is 0 Å². The molecule has 13 heavy (non-hydrogen) atoms. The zero-order valence-corrected chi connectivity index (χ0v) is 9.02. The molecule has 0 atom stereocenters. The Labute approximate surface area is 82.7 Å². The highest BCUT2D eigenvalue weighted by Gasteiger charge is 1.90. The molecule has 0 bridgehead atoms. The number of nitrogens with one attached hydrogen (secondary N) is 1. The molecule has 2 N–H and O–H groups in total. The largest absolute Gasteiger partial charge is 0.396 e. The highest BCUT2D eigenvalue weighted by molar-refractivity contribution is 4.48. The normalized spacial score (nSPS) is 10.6. The molecule has 0 unspecified atom stereocenters. The van der Waals surface area contributed by atoms with Crippen LogP contribution in [0.3, 0.4) is 0 Å². The molecule has 0 aliphatic heterocycles. The second-order valence-corrected chi connectivity index (χ2v) is 3.59. The van der Waals surface area contributed by atoms with Crippen molar-refractivity contribution < 1.29 is 5.11 Å². The van der Waals surface area contributed by atoms with Crippen LogP contribution in [0.5, 0.6) is 0 Å². The first-order chi connectivity index (χ1) is 6.41. The van der Waals surface area contributed by atoms with Gasteiger partial charge in [0.25, 0.3) is 0 Å². The number of rotatable bonds is 10. The van der Waals surface area contributed by atoms with E-state index in [0.717, 1.165) is 13.0 Å². The average Bonchev–Trinajstić information content (AvgIpc) is 2.16. The molecule has 0 saturated heterocycles. The lowest BCUT2D eigenvalue weighted by Gasteiger charge is -2.02. The number of aliphatic hydroxyl groups excluding tert-OH is 1. The van der Waals surface area contributed by atoms with Crippen molar-refractivity contribution in [2.45, 2.75) is 51.9 Å². The van der Waals surface area contributed by atoms with E-state index in [0.29, 0.717) is 6.61 Å². The predicted octanol–water partition coefficient (Wildman–Crippen LogP) is 2.32. The molecular weight excluding hydrogens is 162 g/mol. The van der Waals surface area contributed by atoms with Gasteiger partial charge in [-0.15, -0.1) is 0 Å². The zero-order chi connectivity index (χ0) is 9.78. The molecule has 0 aliphatic carbocycles. The Hall–Kier alpha value is -0.0800. The maximum absolute atomic E-state index is 8.56. The Balaban J connectivity index is 2.76. The van der Waals surface area contributed by atoms with Crippen LogP contribution in [0.25, 0.3) is 0 Å². The van der Waals surface area contributed by atoms with Crippen molar-refractivity contribution in [1.29, 1.82) is 0 Å². The van der Waals surface area contributed by atoms with E-state index < -0.39 is 0 Å². The van der Waals surface area contributed by atoms with Crippen LogP contribution in [0.4, 0.5) is 0 Å². The minimum absolute atomic E-state index is 0.359. The van der Waals surface area contributed by atoms with Gasteiger partial charge in [0.1, 0.15) is 0 Å². The fourth-order valence-corrected chi connectivity index (χ4v) is 1.37. The van der Waals surface area contributed by atoms with E-state index in [1.807, 2.05) is 0 Å². The van der Waals surface area contributed by atoms with Crippen molar-refractivity contribution in [1.82, 2.24) is 5.32 Å². The van der Waals surface area contributed by atoms with Crippen LogP contribution < -0.4 is 5.32 Å². The van der Waals surface area contributed by atoms with Gasteiger partial charge in [-0.25, -0.2) is 0 Å². The molecule has 0 saturated carbocycles. The Morgan fingerprint density at radius 1 is 0.846 bits per heavy atom. The lowest BCUT2D eigenvalue weighted by atomic mass is 10.1. The van der Waals surface area contributed by atoms with Gasteiger partial charge in [0.05, 0.1) is 0 Å². The molecule has 0 aliphatic rings. The fraction of sp³-hybridized carbons (Fsp3) is 1.00. The Morgan fingerprint density at radius 3 is 2.08 bits per heavy atom. The van der Waals surface area contributed by atoms with Crippen molar-refractivity contribution in [2.75, 3.05) is 19.7 Å². The van der Waals surface area contributed by atoms with Crippen LogP contribution in [0.1, 0.15) is 51.9 Å². The van der Waals surface area contributed by atoms with Crippen LogP contribution in [0.15, 0.2) is 0 Å². The predicted molar refractivity (Wildman–Crippen MR) is 57.9 cm³/mol. The van der Waals surface area contributed by atoms with E-state index in [2.05, 4.69) is 12.2 Å². The summed E-state index contributed by atoms with van der Waals surface area (Å²) in [4.78, 5) is 0. The Bertz CT molecular complexity index is 76.2. The summed E-state index contributed by atoms with van der Waals surface area (Å²) >= 11 is 0. The Morgan fingerprint density at radius 2 is 1.46 bits per heavy atom. The van der Waals surface area contributed by atoms with Gasteiger partial charge >= 0.3 is 0 Å². The lowest BCUT2D eigenvalue weighted by Crippen LogP contribution is -2.15. The minimum atomic E-state index is 0.359. The summed E-state index contributed by atoms with van der Waals surface area (Å²) in [7, 11) is 0. The summed E-state index contributed by atoms with van der Waals surface area (Å²) in [6.45, 7) is 4.89. The maximum atomic E-state index is 8.56. The molecule has 0 rings (SSSR count). The fourth-order valence-electron chi connectivity index (χ4n) is 1.37. The van der Waals surface area contributed by atoms with Crippen LogP contribution in [0, 0.1) is 0 Å². The molecule has 2 nitrogen and oxygen atoms in total. The smallest absolute Gasteiger partial charge is 0.0431 e. The zero-order valence-electron chi connectivity index (χ0n) is 9.02. The third kappa shape index (κ3) is 11.9. The number of aliphatic hydroxyl groups is 1. The number of hydrogen-bond acceptors (Lipinski definition) is 2. The minimum Gasteiger partial charge on any atom is -0.396 e. The van der Waals surface area contributed by atoms with Crippen molar-refractivity contribution in [2.24, 2.45) is 0 Å². The van der Waals surface area contributed by atoms with Gasteiger partial charge in [-0.2, -0.15) is 0 Å². The van der Waals surface area contributed by atoms with Gasteiger partial charge in [0, 0.05) is 6.61 Å². The number of unbranched alkanes of at least 4 members (excludes halogenated alkanes) is 5. The summed E-state index contributed by atoms with van der Waals surface area (Å²) in [6.07, 6.45) is 8.66. The third-order valence-electron chi connectivity index (χ3n) is 2.19. The molecule has 2 heteroatoms. The van der Waals surface area contributed by atoms with Crippen molar-refractivity contribution in [3.8, 4) is 0 Å². The average molecular weight is 187 g/mol.